The largest absolute Gasteiger partial charge is 0.498 e. The molecule has 1 atom stereocenters. The molecule has 72 heavy (non-hydrogen) atoms. The van der Waals surface area contributed by atoms with Crippen LogP contribution in [-0.2, 0) is 14.2 Å². The second kappa shape index (κ2) is 21.7. The first kappa shape index (κ1) is 47.2. The highest BCUT2D eigenvalue weighted by Gasteiger charge is 2.20. The predicted molar refractivity (Wildman–Crippen MR) is 295 cm³/mol. The first-order chi connectivity index (χ1) is 35.3. The Morgan fingerprint density at radius 1 is 0.486 bits per heavy atom. The van der Waals surface area contributed by atoms with Crippen molar-refractivity contribution >= 4 is 52.3 Å². The molecule has 2 aliphatic rings. The highest BCUT2D eigenvalue weighted by atomic mass is 16.5. The molecule has 0 fully saturated rings. The number of hydrogen-bond donors (Lipinski definition) is 2. The maximum Gasteiger partial charge on any atom is 0.338 e. The second-order valence-electron chi connectivity index (χ2n) is 18.5. The monoisotopic (exact) mass is 946 g/mol. The Morgan fingerprint density at radius 3 is 1.31 bits per heavy atom. The number of unbranched alkanes of at least 4 members (excludes halogenated alkanes) is 2. The zero-order valence-corrected chi connectivity index (χ0v) is 41.2. The first-order valence-electron chi connectivity index (χ1n) is 24.9. The van der Waals surface area contributed by atoms with E-state index < -0.39 is 0 Å². The highest BCUT2D eigenvalue weighted by molar-refractivity contribution is 6.00. The maximum atomic E-state index is 13.4. The van der Waals surface area contributed by atoms with Gasteiger partial charge in [0.1, 0.15) is 12.0 Å². The van der Waals surface area contributed by atoms with E-state index in [2.05, 4.69) is 176 Å². The number of aromatic amines is 2. The fourth-order valence-corrected chi connectivity index (χ4v) is 9.52. The Labute approximate surface area is 421 Å². The van der Waals surface area contributed by atoms with Crippen LogP contribution in [0.15, 0.2) is 176 Å². The number of carbonyl (C=O) groups is 1. The molecule has 3 aromatic heterocycles. The van der Waals surface area contributed by atoms with Crippen molar-refractivity contribution < 1.29 is 19.0 Å². The van der Waals surface area contributed by atoms with Crippen LogP contribution < -0.4 is 0 Å². The van der Waals surface area contributed by atoms with E-state index in [4.69, 9.17) is 24.2 Å². The van der Waals surface area contributed by atoms with Gasteiger partial charge in [-0.25, -0.2) is 14.8 Å². The van der Waals surface area contributed by atoms with Crippen molar-refractivity contribution in [2.24, 2.45) is 0 Å². The van der Waals surface area contributed by atoms with Crippen LogP contribution in [0.3, 0.4) is 0 Å². The number of rotatable bonds is 16. The molecule has 358 valence electrons. The Bertz CT molecular complexity index is 3420. The summed E-state index contributed by atoms with van der Waals surface area (Å²) >= 11 is 0. The summed E-state index contributed by atoms with van der Waals surface area (Å²) in [5, 5.41) is 0. The zero-order valence-electron chi connectivity index (χ0n) is 41.2. The maximum absolute atomic E-state index is 13.4. The zero-order chi connectivity index (χ0) is 49.4. The van der Waals surface area contributed by atoms with E-state index in [1.54, 1.807) is 13.4 Å². The number of benzene rings is 5. The van der Waals surface area contributed by atoms with E-state index in [1.165, 1.54) is 11.1 Å². The van der Waals surface area contributed by atoms with Gasteiger partial charge in [-0.1, -0.05) is 148 Å². The van der Waals surface area contributed by atoms with Crippen LogP contribution in [0, 0.1) is 0 Å². The number of H-pyrrole nitrogens is 2. The Balaban J connectivity index is 0.944. The molecule has 0 aliphatic carbocycles. The number of methoxy groups -OCH3 is 1. The van der Waals surface area contributed by atoms with Crippen LogP contribution in [-0.4, -0.2) is 46.2 Å². The average molecular weight is 947 g/mol. The predicted octanol–water partition coefficient (Wildman–Crippen LogP) is 16.1. The van der Waals surface area contributed by atoms with E-state index in [0.717, 1.165) is 114 Å². The van der Waals surface area contributed by atoms with Gasteiger partial charge in [-0.15, -0.1) is 0 Å². The molecule has 0 amide bonds. The highest BCUT2D eigenvalue weighted by Crippen LogP contribution is 2.38. The normalized spacial score (nSPS) is 12.5. The summed E-state index contributed by atoms with van der Waals surface area (Å²) in [6.45, 7) is 7.38. The molecule has 1 unspecified atom stereocenters. The third kappa shape index (κ3) is 10.2. The molecule has 0 saturated carbocycles. The van der Waals surface area contributed by atoms with E-state index >= 15 is 0 Å². The van der Waals surface area contributed by atoms with Crippen LogP contribution in [0.25, 0.3) is 90.9 Å². The van der Waals surface area contributed by atoms with Crippen molar-refractivity contribution in [3.05, 3.63) is 215 Å². The number of nitrogens with one attached hydrogen (secondary N) is 2. The van der Waals surface area contributed by atoms with Gasteiger partial charge in [0.25, 0.3) is 0 Å². The number of allylic oxidation sites excluding steroid dienone is 1. The van der Waals surface area contributed by atoms with Crippen molar-refractivity contribution in [1.29, 1.82) is 0 Å². The second-order valence-corrected chi connectivity index (χ2v) is 18.5. The fourth-order valence-electron chi connectivity index (χ4n) is 9.52. The van der Waals surface area contributed by atoms with E-state index in [9.17, 15) is 4.79 Å². The Morgan fingerprint density at radius 2 is 0.889 bits per heavy atom. The van der Waals surface area contributed by atoms with Gasteiger partial charge in [0.15, 0.2) is 0 Å². The van der Waals surface area contributed by atoms with Gasteiger partial charge in [-0.2, -0.15) is 0 Å². The van der Waals surface area contributed by atoms with Gasteiger partial charge in [0.05, 0.1) is 48.7 Å². The van der Waals surface area contributed by atoms with Crippen LogP contribution in [0.1, 0.15) is 96.1 Å². The molecular weight excluding hydrogens is 889 g/mol. The fraction of sp³-hybridized carbons (Fsp3) is 0.172. The topological polar surface area (TPSA) is 102 Å². The van der Waals surface area contributed by atoms with E-state index in [1.807, 2.05) is 42.5 Å². The minimum atomic E-state index is -0.358. The van der Waals surface area contributed by atoms with Gasteiger partial charge in [-0.05, 0) is 119 Å². The van der Waals surface area contributed by atoms with Crippen molar-refractivity contribution in [2.45, 2.75) is 51.9 Å². The van der Waals surface area contributed by atoms with Gasteiger partial charge < -0.3 is 24.2 Å². The number of aromatic nitrogens is 4. The number of carbonyl (C=O) groups excluding carboxylic acids is 1. The number of nitrogens with zero attached hydrogens (tertiary/aromatic N) is 2. The molecule has 5 aromatic carbocycles. The molecule has 0 spiro atoms. The lowest BCUT2D eigenvalue weighted by molar-refractivity contribution is 0.0496. The molecule has 8 heteroatoms. The third-order valence-electron chi connectivity index (χ3n) is 13.5. The number of esters is 1. The minimum absolute atomic E-state index is 0.0767. The van der Waals surface area contributed by atoms with Crippen molar-refractivity contribution in [2.75, 3.05) is 20.3 Å². The SMILES string of the molecule is CO/C(=C\OCCCCCOC(=O)c1ccc(-c2c3nc(c(-c4ccccc4)c4ccc([nH]4)c(-c4ccccc4)c4nc(c(-c5ccccc5)c5ccc2[nH]5)C=C4)C=C3)cc1)C(C)c1ccc(C(C)C)cc1. The summed E-state index contributed by atoms with van der Waals surface area (Å²) in [6.07, 6.45) is 12.5. The van der Waals surface area contributed by atoms with Gasteiger partial charge in [-0.3, -0.25) is 0 Å². The average Bonchev–Trinajstić information content (AvgIpc) is 4.28. The summed E-state index contributed by atoms with van der Waals surface area (Å²) in [5.41, 5.74) is 17.9. The number of hydrogen-bond acceptors (Lipinski definition) is 6. The molecule has 8 bridgehead atoms. The van der Waals surface area contributed by atoms with E-state index in [0.29, 0.717) is 24.7 Å². The van der Waals surface area contributed by atoms with Crippen molar-refractivity contribution in [1.82, 2.24) is 19.9 Å². The Kier molecular flexibility index (Phi) is 14.2. The molecule has 8 nitrogen and oxygen atoms in total. The van der Waals surface area contributed by atoms with Gasteiger partial charge >= 0.3 is 5.97 Å². The van der Waals surface area contributed by atoms with Gasteiger partial charge in [0.2, 0.25) is 0 Å². The van der Waals surface area contributed by atoms with Crippen LogP contribution in [0.4, 0.5) is 0 Å². The summed E-state index contributed by atoms with van der Waals surface area (Å²) in [5.74, 6) is 0.989. The lowest BCUT2D eigenvalue weighted by Crippen LogP contribution is -2.06. The lowest BCUT2D eigenvalue weighted by atomic mass is 9.95. The molecule has 2 N–H and O–H groups in total. The number of ether oxygens (including phenoxy) is 3. The number of fused-ring (bicyclic) bond motifs is 8. The minimum Gasteiger partial charge on any atom is -0.498 e. The van der Waals surface area contributed by atoms with Crippen LogP contribution >= 0.6 is 0 Å². The molecule has 10 rings (SSSR count). The summed E-state index contributed by atoms with van der Waals surface area (Å²) < 4.78 is 17.3. The van der Waals surface area contributed by atoms with E-state index in [-0.39, 0.29) is 11.9 Å². The molecule has 0 radical (unpaired) electrons. The molecule has 2 aliphatic heterocycles. The smallest absolute Gasteiger partial charge is 0.338 e. The molecule has 5 heterocycles. The molecule has 0 saturated heterocycles. The summed E-state index contributed by atoms with van der Waals surface area (Å²) in [6, 6.07) is 56.0. The van der Waals surface area contributed by atoms with Crippen LogP contribution in [0.5, 0.6) is 0 Å². The molecular formula is C64H58N4O4. The third-order valence-corrected chi connectivity index (χ3v) is 13.5. The molecule has 8 aromatic rings. The summed E-state index contributed by atoms with van der Waals surface area (Å²) in [4.78, 5) is 31.8. The van der Waals surface area contributed by atoms with Gasteiger partial charge in [0, 0.05) is 50.2 Å². The van der Waals surface area contributed by atoms with Crippen molar-refractivity contribution in [3.8, 4) is 44.5 Å². The van der Waals surface area contributed by atoms with Crippen molar-refractivity contribution in [3.63, 3.8) is 0 Å². The lowest BCUT2D eigenvalue weighted by Gasteiger charge is -2.16. The standard InChI is InChI=1S/C64H58N4O4/c1-42(2)44-23-25-45(26-24-44)43(3)59(70-4)41-71-39-15-8-16-40-72-64(69)50-29-27-49(28-30-50)63-57-37-35-55(67-57)61(47-19-11-6-12-20-47)53-33-31-51(65-53)60(46-17-9-5-10-18-46)52-32-34-54(66-52)62(48-21-13-7-14-22-48)56-36-38-58(63)68-56/h5-7,9-14,17-38,41-43,65,68H,8,15-16,39-40H2,1-4H3/b59-41-,60-51?,60-52?,61-53?,61-55?,62-54?,62-56?,63-57?,63-58?. The quantitative estimate of drug-likeness (QED) is 0.0568. The summed E-state index contributed by atoms with van der Waals surface area (Å²) in [7, 11) is 1.68. The first-order valence-corrected chi connectivity index (χ1v) is 24.9. The Hall–Kier alpha value is -8.49. The van der Waals surface area contributed by atoms with Crippen LogP contribution in [0.2, 0.25) is 0 Å².